The van der Waals surface area contributed by atoms with E-state index in [-0.39, 0.29) is 18.6 Å². The van der Waals surface area contributed by atoms with E-state index in [1.807, 2.05) is 30.3 Å². The van der Waals surface area contributed by atoms with Crippen LogP contribution in [0.4, 0.5) is 0 Å². The quantitative estimate of drug-likeness (QED) is 0.784. The highest BCUT2D eigenvalue weighted by Gasteiger charge is 2.32. The lowest BCUT2D eigenvalue weighted by Gasteiger charge is -2.27. The minimum Gasteiger partial charge on any atom is -0.483 e. The molecule has 0 aliphatic carbocycles. The minimum absolute atomic E-state index is 0.0445. The molecule has 3 rings (SSSR count). The average Bonchev–Trinajstić information content (AvgIpc) is 3.14. The third-order valence-electron chi connectivity index (χ3n) is 4.81. The summed E-state index contributed by atoms with van der Waals surface area (Å²) in [6.07, 6.45) is 1.60. The summed E-state index contributed by atoms with van der Waals surface area (Å²) < 4.78 is 5.39. The molecule has 1 aliphatic heterocycles. The number of aliphatic hydroxyl groups is 1. The predicted molar refractivity (Wildman–Crippen MR) is 101 cm³/mol. The van der Waals surface area contributed by atoms with Gasteiger partial charge in [0.25, 0.3) is 11.8 Å². The number of likely N-dealkylation sites (tertiary alicyclic amines) is 1. The summed E-state index contributed by atoms with van der Waals surface area (Å²) in [5, 5.41) is 10.5. The van der Waals surface area contributed by atoms with Crippen molar-refractivity contribution in [3.05, 3.63) is 65.7 Å². The van der Waals surface area contributed by atoms with Crippen molar-refractivity contribution in [3.8, 4) is 5.75 Å². The maximum absolute atomic E-state index is 13.1. The Morgan fingerprint density at radius 2 is 1.85 bits per heavy atom. The van der Waals surface area contributed by atoms with Gasteiger partial charge in [0.2, 0.25) is 0 Å². The fourth-order valence-corrected chi connectivity index (χ4v) is 3.49. The molecule has 0 bridgehead atoms. The highest BCUT2D eigenvalue weighted by atomic mass is 16.5. The van der Waals surface area contributed by atoms with Crippen molar-refractivity contribution in [1.29, 1.82) is 0 Å². The van der Waals surface area contributed by atoms with Crippen molar-refractivity contribution in [2.45, 2.75) is 31.4 Å². The van der Waals surface area contributed by atoms with Gasteiger partial charge < -0.3 is 20.5 Å². The number of aliphatic hydroxyl groups excluding tert-OH is 1. The van der Waals surface area contributed by atoms with Crippen molar-refractivity contribution in [3.63, 3.8) is 0 Å². The van der Waals surface area contributed by atoms with E-state index in [2.05, 4.69) is 0 Å². The summed E-state index contributed by atoms with van der Waals surface area (Å²) >= 11 is 0. The lowest BCUT2D eigenvalue weighted by Crippen LogP contribution is -2.36. The third-order valence-corrected chi connectivity index (χ3v) is 4.81. The van der Waals surface area contributed by atoms with Crippen LogP contribution in [-0.4, -0.2) is 41.0 Å². The fraction of sp³-hybridized carbons (Fsp3) is 0.333. The van der Waals surface area contributed by atoms with Crippen LogP contribution in [0.1, 0.15) is 41.3 Å². The molecule has 6 nitrogen and oxygen atoms in total. The molecule has 0 radical (unpaired) electrons. The van der Waals surface area contributed by atoms with Gasteiger partial charge in [-0.15, -0.1) is 0 Å². The zero-order valence-corrected chi connectivity index (χ0v) is 15.1. The fourth-order valence-electron chi connectivity index (χ4n) is 3.49. The Kier molecular flexibility index (Phi) is 6.08. The van der Waals surface area contributed by atoms with Crippen LogP contribution in [0.3, 0.4) is 0 Å². The number of nitrogens with two attached hydrogens (primary N) is 1. The summed E-state index contributed by atoms with van der Waals surface area (Å²) in [5.74, 6) is -0.407. The van der Waals surface area contributed by atoms with E-state index < -0.39 is 12.0 Å². The molecule has 0 spiro atoms. The van der Waals surface area contributed by atoms with Gasteiger partial charge in [-0.25, -0.2) is 0 Å². The number of para-hydroxylation sites is 1. The lowest BCUT2D eigenvalue weighted by atomic mass is 10.00. The molecule has 2 aromatic carbocycles. The summed E-state index contributed by atoms with van der Waals surface area (Å²) in [4.78, 5) is 25.9. The second-order valence-corrected chi connectivity index (χ2v) is 6.71. The smallest absolute Gasteiger partial charge is 0.257 e. The molecule has 27 heavy (non-hydrogen) atoms. The zero-order chi connectivity index (χ0) is 19.2. The van der Waals surface area contributed by atoms with Gasteiger partial charge in [-0.3, -0.25) is 9.59 Å². The Hall–Kier alpha value is -2.86. The Bertz CT molecular complexity index is 794. The molecule has 3 N–H and O–H groups in total. The van der Waals surface area contributed by atoms with E-state index in [1.165, 1.54) is 0 Å². The first-order chi connectivity index (χ1) is 13.1. The standard InChI is InChI=1S/C21H24N2O4/c22-20(25)14-27-19-11-5-4-10-17(19)21(26)23-12-6-9-16(23)13-18(24)15-7-2-1-3-8-15/h1-5,7-8,10-11,16,18,24H,6,9,12-14H2,(H2,22,25). The second-order valence-electron chi connectivity index (χ2n) is 6.71. The first kappa shape index (κ1) is 18.9. The molecule has 2 unspecified atom stereocenters. The van der Waals surface area contributed by atoms with E-state index in [0.717, 1.165) is 18.4 Å². The molecule has 1 aliphatic rings. The van der Waals surface area contributed by atoms with Crippen LogP contribution in [0, 0.1) is 0 Å². The van der Waals surface area contributed by atoms with Gasteiger partial charge in [-0.2, -0.15) is 0 Å². The van der Waals surface area contributed by atoms with E-state index >= 15 is 0 Å². The number of primary amides is 1. The van der Waals surface area contributed by atoms with Crippen LogP contribution in [0.25, 0.3) is 0 Å². The highest BCUT2D eigenvalue weighted by molar-refractivity contribution is 5.97. The van der Waals surface area contributed by atoms with E-state index in [4.69, 9.17) is 10.5 Å². The molecule has 1 saturated heterocycles. The molecular formula is C21H24N2O4. The van der Waals surface area contributed by atoms with Crippen LogP contribution in [-0.2, 0) is 4.79 Å². The van der Waals surface area contributed by atoms with E-state index in [9.17, 15) is 14.7 Å². The van der Waals surface area contributed by atoms with Crippen molar-refractivity contribution in [2.24, 2.45) is 5.73 Å². The summed E-state index contributed by atoms with van der Waals surface area (Å²) in [5.41, 5.74) is 6.39. The molecule has 0 saturated carbocycles. The van der Waals surface area contributed by atoms with Gasteiger partial charge in [0, 0.05) is 12.6 Å². The second kappa shape index (κ2) is 8.68. The van der Waals surface area contributed by atoms with Crippen molar-refractivity contribution in [1.82, 2.24) is 4.90 Å². The monoisotopic (exact) mass is 368 g/mol. The van der Waals surface area contributed by atoms with Gasteiger partial charge in [0.05, 0.1) is 11.7 Å². The Morgan fingerprint density at radius 1 is 1.15 bits per heavy atom. The van der Waals surface area contributed by atoms with Crippen molar-refractivity contribution < 1.29 is 19.4 Å². The highest BCUT2D eigenvalue weighted by Crippen LogP contribution is 2.30. The minimum atomic E-state index is -0.619. The number of hydrogen-bond acceptors (Lipinski definition) is 4. The largest absolute Gasteiger partial charge is 0.483 e. The molecule has 0 aromatic heterocycles. The van der Waals surface area contributed by atoms with Crippen LogP contribution >= 0.6 is 0 Å². The molecule has 1 fully saturated rings. The number of ether oxygens (including phenoxy) is 1. The number of carbonyl (C=O) groups excluding carboxylic acids is 2. The Labute approximate surface area is 158 Å². The number of hydrogen-bond donors (Lipinski definition) is 2. The first-order valence-electron chi connectivity index (χ1n) is 9.10. The summed E-state index contributed by atoms with van der Waals surface area (Å²) in [7, 11) is 0. The van der Waals surface area contributed by atoms with Crippen LogP contribution < -0.4 is 10.5 Å². The molecule has 2 atom stereocenters. The van der Waals surface area contributed by atoms with Crippen LogP contribution in [0.2, 0.25) is 0 Å². The summed E-state index contributed by atoms with van der Waals surface area (Å²) in [6.45, 7) is 0.357. The SMILES string of the molecule is NC(=O)COc1ccccc1C(=O)N1CCCC1CC(O)c1ccccc1. The molecular weight excluding hydrogens is 344 g/mol. The maximum atomic E-state index is 13.1. The average molecular weight is 368 g/mol. The zero-order valence-electron chi connectivity index (χ0n) is 15.1. The van der Waals surface area contributed by atoms with Gasteiger partial charge in [0.15, 0.2) is 6.61 Å². The van der Waals surface area contributed by atoms with Crippen LogP contribution in [0.5, 0.6) is 5.75 Å². The van der Waals surface area contributed by atoms with E-state index in [0.29, 0.717) is 24.3 Å². The third kappa shape index (κ3) is 4.65. The van der Waals surface area contributed by atoms with Gasteiger partial charge >= 0.3 is 0 Å². The summed E-state index contributed by atoms with van der Waals surface area (Å²) in [6, 6.07) is 16.3. The van der Waals surface area contributed by atoms with Gasteiger partial charge in [-0.05, 0) is 37.0 Å². The Balaban J connectivity index is 1.73. The predicted octanol–water partition coefficient (Wildman–Crippen LogP) is 2.28. The number of nitrogens with zero attached hydrogens (tertiary/aromatic N) is 1. The number of carbonyl (C=O) groups is 2. The normalized spacial score (nSPS) is 17.5. The Morgan fingerprint density at radius 3 is 2.59 bits per heavy atom. The number of amides is 2. The maximum Gasteiger partial charge on any atom is 0.257 e. The molecule has 2 amide bonds. The number of rotatable bonds is 7. The topological polar surface area (TPSA) is 92.9 Å². The van der Waals surface area contributed by atoms with Crippen molar-refractivity contribution >= 4 is 11.8 Å². The van der Waals surface area contributed by atoms with Gasteiger partial charge in [0.1, 0.15) is 5.75 Å². The van der Waals surface area contributed by atoms with Crippen LogP contribution in [0.15, 0.2) is 54.6 Å². The van der Waals surface area contributed by atoms with Crippen molar-refractivity contribution in [2.75, 3.05) is 13.2 Å². The van der Waals surface area contributed by atoms with E-state index in [1.54, 1.807) is 29.2 Å². The molecule has 2 aromatic rings. The molecule has 6 heteroatoms. The number of benzene rings is 2. The first-order valence-corrected chi connectivity index (χ1v) is 9.10. The molecule has 1 heterocycles. The van der Waals surface area contributed by atoms with Gasteiger partial charge in [-0.1, -0.05) is 42.5 Å². The molecule has 142 valence electrons. The lowest BCUT2D eigenvalue weighted by molar-refractivity contribution is -0.119.